The van der Waals surface area contributed by atoms with Crippen LogP contribution < -0.4 is 4.72 Å². The molecule has 0 aliphatic carbocycles. The Hall–Kier alpha value is -1.48. The number of nitro groups is 1. The number of halogens is 3. The van der Waals surface area contributed by atoms with E-state index in [1.165, 1.54) is 13.8 Å². The second kappa shape index (κ2) is 6.56. The topological polar surface area (TPSA) is 72.2 Å². The van der Waals surface area contributed by atoms with Crippen LogP contribution in [0.2, 0.25) is 0 Å². The zero-order valence-electron chi connectivity index (χ0n) is 13.4. The number of hydrogen-bond acceptors (Lipinski definition) is 3. The van der Waals surface area contributed by atoms with Crippen LogP contribution in [-0.2, 0) is 17.2 Å². The van der Waals surface area contributed by atoms with Crippen LogP contribution >= 0.6 is 0 Å². The summed E-state index contributed by atoms with van der Waals surface area (Å²) >= 11 is 0. The minimum absolute atomic E-state index is 0.101. The van der Waals surface area contributed by atoms with Crippen molar-refractivity contribution < 1.29 is 22.3 Å². The van der Waals surface area contributed by atoms with Gasteiger partial charge in [-0.2, -0.15) is 13.2 Å². The van der Waals surface area contributed by atoms with Crippen molar-refractivity contribution >= 4 is 16.7 Å². The predicted octanol–water partition coefficient (Wildman–Crippen LogP) is 4.03. The molecule has 0 amide bonds. The van der Waals surface area contributed by atoms with Crippen molar-refractivity contribution in [3.05, 3.63) is 38.9 Å². The molecule has 0 radical (unpaired) electrons. The highest BCUT2D eigenvalue weighted by atomic mass is 32.2. The molecule has 1 aromatic rings. The van der Waals surface area contributed by atoms with Crippen LogP contribution in [0.5, 0.6) is 0 Å². The summed E-state index contributed by atoms with van der Waals surface area (Å²) in [5.74, 6) is 0. The predicted molar refractivity (Wildman–Crippen MR) is 82.3 cm³/mol. The molecule has 23 heavy (non-hydrogen) atoms. The highest BCUT2D eigenvalue weighted by Crippen LogP contribution is 2.37. The molecule has 0 aliphatic heterocycles. The van der Waals surface area contributed by atoms with E-state index in [0.717, 1.165) is 6.07 Å². The van der Waals surface area contributed by atoms with E-state index >= 15 is 0 Å². The van der Waals surface area contributed by atoms with Crippen LogP contribution in [0.25, 0.3) is 0 Å². The number of benzene rings is 1. The molecule has 9 heteroatoms. The van der Waals surface area contributed by atoms with Crippen LogP contribution in [0.15, 0.2) is 12.1 Å². The lowest BCUT2D eigenvalue weighted by Gasteiger charge is -2.24. The van der Waals surface area contributed by atoms with Crippen molar-refractivity contribution in [1.82, 2.24) is 4.72 Å². The van der Waals surface area contributed by atoms with E-state index in [4.69, 9.17) is 0 Å². The molecule has 1 N–H and O–H groups in total. The zero-order chi connectivity index (χ0) is 18.2. The van der Waals surface area contributed by atoms with Gasteiger partial charge < -0.3 is 0 Å². The average Bonchev–Trinajstić information content (AvgIpc) is 2.35. The molecular weight excluding hydrogens is 333 g/mol. The van der Waals surface area contributed by atoms with E-state index in [0.29, 0.717) is 6.07 Å². The Labute approximate surface area is 135 Å². The summed E-state index contributed by atoms with van der Waals surface area (Å²) in [7, 11) is -1.52. The fourth-order valence-electron chi connectivity index (χ4n) is 1.97. The first-order chi connectivity index (χ1) is 10.2. The van der Waals surface area contributed by atoms with Gasteiger partial charge in [-0.15, -0.1) is 0 Å². The van der Waals surface area contributed by atoms with Crippen LogP contribution in [0.4, 0.5) is 18.9 Å². The maximum absolute atomic E-state index is 13.1. The largest absolute Gasteiger partial charge is 0.416 e. The molecule has 130 valence electrons. The Kier molecular flexibility index (Phi) is 5.58. The van der Waals surface area contributed by atoms with E-state index in [-0.39, 0.29) is 11.1 Å². The molecular formula is C14H19F3N2O3S. The Balaban J connectivity index is 3.37. The first-order valence-corrected chi connectivity index (χ1v) is 7.94. The molecule has 0 aliphatic rings. The average molecular weight is 352 g/mol. The second-order valence-corrected chi connectivity index (χ2v) is 8.18. The highest BCUT2D eigenvalue weighted by Gasteiger charge is 2.36. The van der Waals surface area contributed by atoms with Crippen molar-refractivity contribution in [3.8, 4) is 0 Å². The number of hydrogen-bond donors (Lipinski definition) is 1. The molecule has 1 aromatic carbocycles. The first-order valence-electron chi connectivity index (χ1n) is 6.79. The number of alkyl halides is 3. The SMILES string of the molecule is Cc1c([C@@H](C)N[S@](=O)C(C)(C)C)cc([N+](=O)[O-])cc1C(F)(F)F. The molecule has 0 fully saturated rings. The minimum atomic E-state index is -4.70. The molecule has 0 bridgehead atoms. The molecule has 5 nitrogen and oxygen atoms in total. The lowest BCUT2D eigenvalue weighted by atomic mass is 9.96. The van der Waals surface area contributed by atoms with Gasteiger partial charge in [0.1, 0.15) is 0 Å². The van der Waals surface area contributed by atoms with E-state index in [2.05, 4.69) is 4.72 Å². The molecule has 0 unspecified atom stereocenters. The summed E-state index contributed by atoms with van der Waals surface area (Å²) in [6.07, 6.45) is -4.70. The molecule has 0 aromatic heterocycles. The lowest BCUT2D eigenvalue weighted by Crippen LogP contribution is -2.35. The third-order valence-electron chi connectivity index (χ3n) is 3.26. The third-order valence-corrected chi connectivity index (χ3v) is 4.94. The van der Waals surface area contributed by atoms with Gasteiger partial charge >= 0.3 is 6.18 Å². The van der Waals surface area contributed by atoms with Crippen molar-refractivity contribution in [3.63, 3.8) is 0 Å². The highest BCUT2D eigenvalue weighted by molar-refractivity contribution is 7.84. The molecule has 0 heterocycles. The van der Waals surface area contributed by atoms with Crippen LogP contribution in [0.3, 0.4) is 0 Å². The van der Waals surface area contributed by atoms with Gasteiger partial charge in [-0.05, 0) is 45.7 Å². The maximum Gasteiger partial charge on any atom is 0.416 e. The Morgan fingerprint density at radius 1 is 1.26 bits per heavy atom. The lowest BCUT2D eigenvalue weighted by molar-refractivity contribution is -0.385. The number of non-ortho nitro benzene ring substituents is 1. The van der Waals surface area contributed by atoms with Gasteiger partial charge in [0.05, 0.1) is 26.2 Å². The van der Waals surface area contributed by atoms with Gasteiger partial charge in [0.25, 0.3) is 5.69 Å². The van der Waals surface area contributed by atoms with Gasteiger partial charge in [-0.3, -0.25) is 10.1 Å². The molecule has 0 saturated heterocycles. The summed E-state index contributed by atoms with van der Waals surface area (Å²) in [4.78, 5) is 10.0. The zero-order valence-corrected chi connectivity index (χ0v) is 14.3. The Morgan fingerprint density at radius 3 is 2.17 bits per heavy atom. The fourth-order valence-corrected chi connectivity index (χ4v) is 2.77. The summed E-state index contributed by atoms with van der Waals surface area (Å²) in [6.45, 7) is 7.91. The molecule has 1 rings (SSSR count). The summed E-state index contributed by atoms with van der Waals surface area (Å²) in [5, 5.41) is 10.9. The van der Waals surface area contributed by atoms with Gasteiger partial charge in [0.2, 0.25) is 0 Å². The van der Waals surface area contributed by atoms with E-state index in [1.54, 1.807) is 20.8 Å². The van der Waals surface area contributed by atoms with E-state index < -0.39 is 44.1 Å². The van der Waals surface area contributed by atoms with Gasteiger partial charge in [-0.25, -0.2) is 8.93 Å². The van der Waals surface area contributed by atoms with Gasteiger partial charge in [0.15, 0.2) is 0 Å². The Bertz CT molecular complexity index is 639. The second-order valence-electron chi connectivity index (χ2n) is 6.18. The molecule has 0 spiro atoms. The molecule has 0 saturated carbocycles. The maximum atomic E-state index is 13.1. The monoisotopic (exact) mass is 352 g/mol. The van der Waals surface area contributed by atoms with Crippen molar-refractivity contribution in [2.45, 2.75) is 51.6 Å². The van der Waals surface area contributed by atoms with Crippen molar-refractivity contribution in [2.75, 3.05) is 0 Å². The van der Waals surface area contributed by atoms with E-state index in [9.17, 15) is 27.5 Å². The van der Waals surface area contributed by atoms with Crippen molar-refractivity contribution in [2.24, 2.45) is 0 Å². The number of nitrogens with one attached hydrogen (secondary N) is 1. The van der Waals surface area contributed by atoms with Gasteiger partial charge in [0, 0.05) is 18.2 Å². The first kappa shape index (κ1) is 19.6. The standard InChI is InChI=1S/C14H19F3N2O3S/c1-8-11(9(2)18-23(22)13(3,4)5)6-10(19(20)21)7-12(8)14(15,16)17/h6-7,9,18H,1-5H3/t9-,23-/m1/s1. The van der Waals surface area contributed by atoms with Gasteiger partial charge in [-0.1, -0.05) is 0 Å². The van der Waals surface area contributed by atoms with Crippen LogP contribution in [0, 0.1) is 17.0 Å². The summed E-state index contributed by atoms with van der Waals surface area (Å²) in [5.41, 5.74) is -1.72. The third kappa shape index (κ3) is 4.74. The quantitative estimate of drug-likeness (QED) is 0.657. The number of rotatable bonds is 4. The van der Waals surface area contributed by atoms with Crippen LogP contribution in [-0.4, -0.2) is 13.9 Å². The number of nitro benzene ring substituents is 1. The van der Waals surface area contributed by atoms with Crippen LogP contribution in [0.1, 0.15) is 50.4 Å². The minimum Gasteiger partial charge on any atom is -0.258 e. The Morgan fingerprint density at radius 2 is 1.78 bits per heavy atom. The van der Waals surface area contributed by atoms with E-state index in [1.807, 2.05) is 0 Å². The normalized spacial score (nSPS) is 15.3. The summed E-state index contributed by atoms with van der Waals surface area (Å²) < 4.78 is 53.4. The van der Waals surface area contributed by atoms with Crippen molar-refractivity contribution in [1.29, 1.82) is 0 Å². The fraction of sp³-hybridized carbons (Fsp3) is 0.571. The molecule has 2 atom stereocenters. The number of nitrogens with zero attached hydrogens (tertiary/aromatic N) is 1. The summed E-state index contributed by atoms with van der Waals surface area (Å²) in [6, 6.07) is 0.866. The smallest absolute Gasteiger partial charge is 0.258 e.